The number of nitrogens with one attached hydrogen (secondary N) is 2. The SMILES string of the molecule is [N-]=[N+]=NCc1ccccc1[C@@H]1OC(c2ccc(OCCCO)cc2)=N[C@]1(Cc1ccccc1N=[N+]=[N-])C(=O)NNCc1cc(C(F)(F)F)cc(C(F)(F)F)c1. The second kappa shape index (κ2) is 17.3. The number of aliphatic hydroxyl groups is 1. The maximum atomic E-state index is 14.6. The minimum Gasteiger partial charge on any atom is -0.494 e. The van der Waals surface area contributed by atoms with Crippen LogP contribution in [0.2, 0.25) is 0 Å². The molecule has 5 rings (SSSR count). The number of nitrogens with zero attached hydrogens (tertiary/aromatic N) is 7. The van der Waals surface area contributed by atoms with Crippen LogP contribution >= 0.6 is 0 Å². The van der Waals surface area contributed by atoms with Gasteiger partial charge < -0.3 is 14.6 Å². The summed E-state index contributed by atoms with van der Waals surface area (Å²) in [6, 6.07) is 20.4. The van der Waals surface area contributed by atoms with Crippen molar-refractivity contribution in [2.45, 2.75) is 49.9 Å². The van der Waals surface area contributed by atoms with Gasteiger partial charge >= 0.3 is 12.4 Å². The maximum Gasteiger partial charge on any atom is 0.416 e. The molecule has 19 heteroatoms. The van der Waals surface area contributed by atoms with E-state index in [9.17, 15) is 36.7 Å². The number of carbonyl (C=O) groups is 1. The summed E-state index contributed by atoms with van der Waals surface area (Å²) in [4.78, 5) is 25.2. The van der Waals surface area contributed by atoms with E-state index in [1.165, 1.54) is 6.07 Å². The summed E-state index contributed by atoms with van der Waals surface area (Å²) in [5.41, 5.74) is 19.4. The van der Waals surface area contributed by atoms with Crippen molar-refractivity contribution in [3.8, 4) is 5.75 Å². The van der Waals surface area contributed by atoms with Gasteiger partial charge in [0.15, 0.2) is 11.6 Å². The second-order valence-electron chi connectivity index (χ2n) is 12.1. The van der Waals surface area contributed by atoms with E-state index in [0.29, 0.717) is 46.6 Å². The number of carbonyl (C=O) groups excluding carboxylic acids is 1. The van der Waals surface area contributed by atoms with Gasteiger partial charge in [0.05, 0.1) is 24.3 Å². The lowest BCUT2D eigenvalue weighted by atomic mass is 9.80. The Morgan fingerprint density at radius 2 is 1.56 bits per heavy atom. The Morgan fingerprint density at radius 1 is 0.909 bits per heavy atom. The van der Waals surface area contributed by atoms with Crippen LogP contribution in [-0.4, -0.2) is 35.7 Å². The number of hydrogen-bond acceptors (Lipinski definition) is 8. The zero-order valence-electron chi connectivity index (χ0n) is 28.6. The van der Waals surface area contributed by atoms with Gasteiger partial charge in [-0.1, -0.05) is 58.8 Å². The number of aliphatic hydroxyl groups excluding tert-OH is 1. The van der Waals surface area contributed by atoms with E-state index in [0.717, 1.165) is 0 Å². The van der Waals surface area contributed by atoms with Crippen molar-refractivity contribution in [3.63, 3.8) is 0 Å². The number of azide groups is 2. The average Bonchev–Trinajstić information content (AvgIpc) is 3.54. The van der Waals surface area contributed by atoms with E-state index >= 15 is 0 Å². The Balaban J connectivity index is 1.61. The van der Waals surface area contributed by atoms with Crippen LogP contribution in [0.3, 0.4) is 0 Å². The standard InChI is InChI=1S/C36H31F6N9O4/c37-35(38,39)26-16-22(17-27(18-26)36(40,41)42)20-45-49-33(53)34(19-24-6-2-4-9-30(24)48-51-44)31(29-8-3-1-7-25(29)21-46-50-43)55-32(47-34)23-10-12-28(13-11-23)54-15-5-14-52/h1-4,6-13,16-18,31,45,52H,5,14-15,19-21H2,(H,49,53)/t31-,34-/m0/s1. The molecule has 1 aliphatic rings. The lowest BCUT2D eigenvalue weighted by molar-refractivity contribution is -0.143. The van der Waals surface area contributed by atoms with Gasteiger partial charge in [0.2, 0.25) is 5.90 Å². The summed E-state index contributed by atoms with van der Waals surface area (Å²) in [5.74, 6) is -0.491. The van der Waals surface area contributed by atoms with Crippen LogP contribution in [0.5, 0.6) is 5.75 Å². The van der Waals surface area contributed by atoms with Gasteiger partial charge in [-0.15, -0.1) is 0 Å². The Kier molecular flexibility index (Phi) is 12.5. The monoisotopic (exact) mass is 767 g/mol. The Hall–Kier alpha value is -6.26. The second-order valence-corrected chi connectivity index (χ2v) is 12.1. The van der Waals surface area contributed by atoms with Crippen molar-refractivity contribution >= 4 is 17.5 Å². The van der Waals surface area contributed by atoms with E-state index in [1.54, 1.807) is 66.7 Å². The predicted molar refractivity (Wildman–Crippen MR) is 186 cm³/mol. The zero-order chi connectivity index (χ0) is 39.6. The smallest absolute Gasteiger partial charge is 0.416 e. The number of amides is 1. The topological polar surface area (TPSA) is 190 Å². The third-order valence-corrected chi connectivity index (χ3v) is 8.42. The molecule has 0 bridgehead atoms. The molecule has 0 aromatic heterocycles. The fourth-order valence-corrected chi connectivity index (χ4v) is 5.85. The summed E-state index contributed by atoms with van der Waals surface area (Å²) in [6.45, 7) is -0.653. The van der Waals surface area contributed by atoms with Crippen LogP contribution in [0.15, 0.2) is 106 Å². The minimum absolute atomic E-state index is 0.00344. The van der Waals surface area contributed by atoms with Crippen LogP contribution in [0, 0.1) is 0 Å². The van der Waals surface area contributed by atoms with Gasteiger partial charge in [-0.3, -0.25) is 10.2 Å². The molecule has 0 unspecified atom stereocenters. The summed E-state index contributed by atoms with van der Waals surface area (Å²) >= 11 is 0. The first kappa shape index (κ1) is 39.9. The number of aliphatic imine (C=N–C) groups is 1. The van der Waals surface area contributed by atoms with E-state index in [1.807, 2.05) is 0 Å². The van der Waals surface area contributed by atoms with Gasteiger partial charge in [0.25, 0.3) is 5.91 Å². The molecule has 4 aromatic rings. The van der Waals surface area contributed by atoms with Crippen molar-refractivity contribution in [2.75, 3.05) is 13.2 Å². The molecule has 286 valence electrons. The van der Waals surface area contributed by atoms with Crippen LogP contribution in [-0.2, 0) is 41.4 Å². The number of hydrogen-bond donors (Lipinski definition) is 3. The number of benzene rings is 4. The Labute approximate surface area is 308 Å². The highest BCUT2D eigenvalue weighted by atomic mass is 19.4. The number of ether oxygens (including phenoxy) is 2. The van der Waals surface area contributed by atoms with Crippen LogP contribution in [0.25, 0.3) is 20.9 Å². The fraction of sp³-hybridized carbons (Fsp3) is 0.278. The van der Waals surface area contributed by atoms with E-state index in [2.05, 4.69) is 30.9 Å². The minimum atomic E-state index is -5.09. The molecule has 0 saturated heterocycles. The van der Waals surface area contributed by atoms with E-state index < -0.39 is 53.1 Å². The summed E-state index contributed by atoms with van der Waals surface area (Å²) in [5, 5.41) is 16.5. The molecule has 1 aliphatic heterocycles. The van der Waals surface area contributed by atoms with E-state index in [4.69, 9.17) is 25.1 Å². The normalized spacial score (nSPS) is 16.6. The number of halogens is 6. The number of hydrazine groups is 1. The fourth-order valence-electron chi connectivity index (χ4n) is 5.85. The summed E-state index contributed by atoms with van der Waals surface area (Å²) < 4.78 is 93.5. The molecule has 1 amide bonds. The van der Waals surface area contributed by atoms with Crippen molar-refractivity contribution in [1.29, 1.82) is 0 Å². The van der Waals surface area contributed by atoms with Crippen molar-refractivity contribution in [3.05, 3.63) is 151 Å². The highest BCUT2D eigenvalue weighted by Crippen LogP contribution is 2.45. The first-order valence-corrected chi connectivity index (χ1v) is 16.4. The first-order chi connectivity index (χ1) is 26.3. The lowest BCUT2D eigenvalue weighted by Crippen LogP contribution is -2.53. The van der Waals surface area contributed by atoms with Crippen molar-refractivity contribution in [1.82, 2.24) is 10.9 Å². The number of alkyl halides is 6. The highest BCUT2D eigenvalue weighted by molar-refractivity contribution is 6.01. The molecule has 3 N–H and O–H groups in total. The maximum absolute atomic E-state index is 14.6. The van der Waals surface area contributed by atoms with Gasteiger partial charge in [-0.25, -0.2) is 10.4 Å². The van der Waals surface area contributed by atoms with Crippen molar-refractivity contribution < 1.29 is 45.7 Å². The molecular weight excluding hydrogens is 736 g/mol. The molecule has 4 aromatic carbocycles. The molecule has 55 heavy (non-hydrogen) atoms. The van der Waals surface area contributed by atoms with E-state index in [-0.39, 0.29) is 43.8 Å². The van der Waals surface area contributed by atoms with Gasteiger partial charge in [0.1, 0.15) is 5.75 Å². The summed E-state index contributed by atoms with van der Waals surface area (Å²) in [7, 11) is 0. The first-order valence-electron chi connectivity index (χ1n) is 16.4. The van der Waals surface area contributed by atoms with Gasteiger partial charge in [-0.05, 0) is 75.8 Å². The zero-order valence-corrected chi connectivity index (χ0v) is 28.6. The molecule has 0 aliphatic carbocycles. The van der Waals surface area contributed by atoms with Gasteiger partial charge in [-0.2, -0.15) is 26.3 Å². The molecule has 13 nitrogen and oxygen atoms in total. The number of rotatable bonds is 15. The molecule has 2 atom stereocenters. The Morgan fingerprint density at radius 3 is 2.20 bits per heavy atom. The lowest BCUT2D eigenvalue weighted by Gasteiger charge is -2.32. The molecule has 0 saturated carbocycles. The largest absolute Gasteiger partial charge is 0.494 e. The molecule has 0 spiro atoms. The average molecular weight is 768 g/mol. The molecular formula is C36H31F6N9O4. The van der Waals surface area contributed by atoms with Crippen LogP contribution in [0.1, 0.15) is 51.5 Å². The molecule has 0 fully saturated rings. The Bertz CT molecular complexity index is 2100. The third-order valence-electron chi connectivity index (χ3n) is 8.42. The highest BCUT2D eigenvalue weighted by Gasteiger charge is 2.54. The molecule has 1 heterocycles. The van der Waals surface area contributed by atoms with Crippen LogP contribution < -0.4 is 15.6 Å². The van der Waals surface area contributed by atoms with Crippen LogP contribution in [0.4, 0.5) is 32.0 Å². The van der Waals surface area contributed by atoms with Crippen molar-refractivity contribution in [2.24, 2.45) is 15.2 Å². The van der Waals surface area contributed by atoms with Gasteiger partial charge in [0, 0.05) is 47.1 Å². The predicted octanol–water partition coefficient (Wildman–Crippen LogP) is 8.56. The quantitative estimate of drug-likeness (QED) is 0.0272. The molecule has 0 radical (unpaired) electrons. The summed E-state index contributed by atoms with van der Waals surface area (Å²) in [6.07, 6.45) is -11.4. The third kappa shape index (κ3) is 9.65.